The molecule has 0 bridgehead atoms. The summed E-state index contributed by atoms with van der Waals surface area (Å²) in [6, 6.07) is 0.418. The molecule has 118 valence electrons. The Morgan fingerprint density at radius 2 is 2.05 bits per heavy atom. The van der Waals surface area contributed by atoms with Crippen LogP contribution in [0.1, 0.15) is 32.1 Å². The SMILES string of the molecule is O=C(CN1CCC(C(=O)NC2CC2)C1)NCC1CCCO1. The zero-order valence-electron chi connectivity index (χ0n) is 12.5. The summed E-state index contributed by atoms with van der Waals surface area (Å²) in [5.41, 5.74) is 0. The third-order valence-corrected chi connectivity index (χ3v) is 4.49. The number of ether oxygens (including phenoxy) is 1. The lowest BCUT2D eigenvalue weighted by Gasteiger charge is -2.17. The van der Waals surface area contributed by atoms with Crippen molar-refractivity contribution in [2.24, 2.45) is 5.92 Å². The molecule has 2 amide bonds. The van der Waals surface area contributed by atoms with Gasteiger partial charge in [-0.3, -0.25) is 14.5 Å². The monoisotopic (exact) mass is 295 g/mol. The zero-order valence-corrected chi connectivity index (χ0v) is 12.5. The zero-order chi connectivity index (χ0) is 14.7. The highest BCUT2D eigenvalue weighted by Crippen LogP contribution is 2.22. The topological polar surface area (TPSA) is 70.7 Å². The Morgan fingerprint density at radius 3 is 2.76 bits per heavy atom. The van der Waals surface area contributed by atoms with Crippen molar-refractivity contribution >= 4 is 11.8 Å². The first-order valence-electron chi connectivity index (χ1n) is 8.12. The molecule has 1 saturated carbocycles. The van der Waals surface area contributed by atoms with Gasteiger partial charge in [0.15, 0.2) is 0 Å². The highest BCUT2D eigenvalue weighted by molar-refractivity contribution is 5.80. The fourth-order valence-electron chi connectivity index (χ4n) is 3.03. The summed E-state index contributed by atoms with van der Waals surface area (Å²) in [7, 11) is 0. The molecule has 3 fully saturated rings. The summed E-state index contributed by atoms with van der Waals surface area (Å²) >= 11 is 0. The lowest BCUT2D eigenvalue weighted by atomic mass is 10.1. The predicted octanol–water partition coefficient (Wildman–Crippen LogP) is -0.118. The summed E-state index contributed by atoms with van der Waals surface area (Å²) < 4.78 is 5.48. The van der Waals surface area contributed by atoms with E-state index in [2.05, 4.69) is 15.5 Å². The molecule has 2 atom stereocenters. The third-order valence-electron chi connectivity index (χ3n) is 4.49. The van der Waals surface area contributed by atoms with E-state index < -0.39 is 0 Å². The number of amides is 2. The summed E-state index contributed by atoms with van der Waals surface area (Å²) in [6.45, 7) is 3.34. The second kappa shape index (κ2) is 6.75. The lowest BCUT2D eigenvalue weighted by Crippen LogP contribution is -2.40. The Bertz CT molecular complexity index is 392. The molecule has 0 aromatic rings. The molecule has 2 N–H and O–H groups in total. The van der Waals surface area contributed by atoms with Crippen LogP contribution in [0, 0.1) is 5.92 Å². The van der Waals surface area contributed by atoms with Crippen LogP contribution < -0.4 is 10.6 Å². The molecule has 2 heterocycles. The Labute approximate surface area is 125 Å². The predicted molar refractivity (Wildman–Crippen MR) is 77.7 cm³/mol. The van der Waals surface area contributed by atoms with Crippen LogP contribution in [0.2, 0.25) is 0 Å². The van der Waals surface area contributed by atoms with Gasteiger partial charge in [-0.1, -0.05) is 0 Å². The van der Waals surface area contributed by atoms with Gasteiger partial charge in [-0.15, -0.1) is 0 Å². The fraction of sp³-hybridized carbons (Fsp3) is 0.867. The molecule has 6 heteroatoms. The molecule has 0 aromatic heterocycles. The molecule has 2 unspecified atom stereocenters. The summed E-state index contributed by atoms with van der Waals surface area (Å²) in [5, 5.41) is 5.98. The van der Waals surface area contributed by atoms with Gasteiger partial charge in [0.25, 0.3) is 0 Å². The Balaban J connectivity index is 1.33. The smallest absolute Gasteiger partial charge is 0.234 e. The van der Waals surface area contributed by atoms with Crippen molar-refractivity contribution in [1.82, 2.24) is 15.5 Å². The second-order valence-corrected chi connectivity index (χ2v) is 6.44. The van der Waals surface area contributed by atoms with Crippen LogP contribution in [-0.4, -0.2) is 61.6 Å². The van der Waals surface area contributed by atoms with Gasteiger partial charge in [0.1, 0.15) is 0 Å². The van der Waals surface area contributed by atoms with Gasteiger partial charge in [-0.05, 0) is 38.6 Å². The van der Waals surface area contributed by atoms with Crippen molar-refractivity contribution in [2.45, 2.75) is 44.2 Å². The average molecular weight is 295 g/mol. The molecule has 3 rings (SSSR count). The maximum atomic E-state index is 12.0. The molecule has 21 heavy (non-hydrogen) atoms. The van der Waals surface area contributed by atoms with Crippen molar-refractivity contribution in [1.29, 1.82) is 0 Å². The van der Waals surface area contributed by atoms with Crippen molar-refractivity contribution < 1.29 is 14.3 Å². The molecule has 3 aliphatic rings. The number of rotatable bonds is 6. The minimum atomic E-state index is 0.0359. The van der Waals surface area contributed by atoms with E-state index in [0.29, 0.717) is 25.7 Å². The highest BCUT2D eigenvalue weighted by Gasteiger charge is 2.32. The first-order chi connectivity index (χ1) is 10.2. The molecular weight excluding hydrogens is 270 g/mol. The Morgan fingerprint density at radius 1 is 1.19 bits per heavy atom. The van der Waals surface area contributed by atoms with E-state index in [4.69, 9.17) is 4.74 Å². The molecule has 0 spiro atoms. The van der Waals surface area contributed by atoms with Gasteiger partial charge in [-0.25, -0.2) is 0 Å². The first kappa shape index (κ1) is 14.8. The molecule has 0 aromatic carbocycles. The second-order valence-electron chi connectivity index (χ2n) is 6.44. The van der Waals surface area contributed by atoms with Gasteiger partial charge in [0.2, 0.25) is 11.8 Å². The van der Waals surface area contributed by atoms with E-state index in [1.807, 2.05) is 0 Å². The van der Waals surface area contributed by atoms with E-state index >= 15 is 0 Å². The van der Waals surface area contributed by atoms with Crippen LogP contribution in [0.3, 0.4) is 0 Å². The van der Waals surface area contributed by atoms with Gasteiger partial charge < -0.3 is 15.4 Å². The molecule has 6 nitrogen and oxygen atoms in total. The lowest BCUT2D eigenvalue weighted by molar-refractivity contribution is -0.126. The van der Waals surface area contributed by atoms with Crippen molar-refractivity contribution in [3.63, 3.8) is 0 Å². The van der Waals surface area contributed by atoms with E-state index in [9.17, 15) is 9.59 Å². The largest absolute Gasteiger partial charge is 0.376 e. The van der Waals surface area contributed by atoms with E-state index in [0.717, 1.165) is 45.3 Å². The number of carbonyl (C=O) groups is 2. The maximum Gasteiger partial charge on any atom is 0.234 e. The third kappa shape index (κ3) is 4.41. The van der Waals surface area contributed by atoms with E-state index in [-0.39, 0.29) is 23.8 Å². The van der Waals surface area contributed by atoms with Crippen LogP contribution in [0.25, 0.3) is 0 Å². The molecule has 0 radical (unpaired) electrons. The number of hydrogen-bond acceptors (Lipinski definition) is 4. The summed E-state index contributed by atoms with van der Waals surface area (Å²) in [4.78, 5) is 26.0. The molecule has 2 saturated heterocycles. The van der Waals surface area contributed by atoms with Crippen molar-refractivity contribution in [3.8, 4) is 0 Å². The number of nitrogens with zero attached hydrogens (tertiary/aromatic N) is 1. The van der Waals surface area contributed by atoms with E-state index in [1.54, 1.807) is 0 Å². The van der Waals surface area contributed by atoms with Crippen LogP contribution in [0.15, 0.2) is 0 Å². The van der Waals surface area contributed by atoms with Crippen LogP contribution in [0.5, 0.6) is 0 Å². The van der Waals surface area contributed by atoms with Crippen LogP contribution in [0.4, 0.5) is 0 Å². The van der Waals surface area contributed by atoms with Gasteiger partial charge in [0, 0.05) is 25.7 Å². The summed E-state index contributed by atoms with van der Waals surface area (Å²) in [5.74, 6) is 0.255. The molecular formula is C15H25N3O3. The number of hydrogen-bond donors (Lipinski definition) is 2. The quantitative estimate of drug-likeness (QED) is 0.717. The number of nitrogens with one attached hydrogen (secondary N) is 2. The molecule has 2 aliphatic heterocycles. The van der Waals surface area contributed by atoms with Crippen molar-refractivity contribution in [2.75, 3.05) is 32.8 Å². The van der Waals surface area contributed by atoms with Crippen LogP contribution in [-0.2, 0) is 14.3 Å². The van der Waals surface area contributed by atoms with Gasteiger partial charge in [-0.2, -0.15) is 0 Å². The minimum Gasteiger partial charge on any atom is -0.376 e. The number of carbonyl (C=O) groups excluding carboxylic acids is 2. The maximum absolute atomic E-state index is 12.0. The summed E-state index contributed by atoms with van der Waals surface area (Å²) in [6.07, 6.45) is 5.40. The molecule has 1 aliphatic carbocycles. The van der Waals surface area contributed by atoms with Gasteiger partial charge in [0.05, 0.1) is 18.6 Å². The number of likely N-dealkylation sites (tertiary alicyclic amines) is 1. The standard InChI is InChI=1S/C15H25N3O3/c19-14(16-8-13-2-1-7-21-13)10-18-6-5-11(9-18)15(20)17-12-3-4-12/h11-13H,1-10H2,(H,16,19)(H,17,20). The normalized spacial score (nSPS) is 29.5. The minimum absolute atomic E-state index is 0.0359. The first-order valence-corrected chi connectivity index (χ1v) is 8.12. The van der Waals surface area contributed by atoms with Crippen molar-refractivity contribution in [3.05, 3.63) is 0 Å². The Kier molecular flexibility index (Phi) is 4.75. The fourth-order valence-corrected chi connectivity index (χ4v) is 3.03. The highest BCUT2D eigenvalue weighted by atomic mass is 16.5. The van der Waals surface area contributed by atoms with E-state index in [1.165, 1.54) is 0 Å². The average Bonchev–Trinajstić information content (AvgIpc) is 2.95. The van der Waals surface area contributed by atoms with Gasteiger partial charge >= 0.3 is 0 Å². The Hall–Kier alpha value is -1.14. The van der Waals surface area contributed by atoms with Crippen LogP contribution >= 0.6 is 0 Å².